The summed E-state index contributed by atoms with van der Waals surface area (Å²) < 4.78 is 0. The Labute approximate surface area is 181 Å². The molecule has 3 aromatic rings. The number of carbonyl (C=O) groups excluding carboxylic acids is 2. The molecule has 1 aliphatic carbocycles. The van der Waals surface area contributed by atoms with Gasteiger partial charge in [-0.25, -0.2) is 0 Å². The third kappa shape index (κ3) is 3.70. The number of amides is 2. The molecule has 158 valence electrons. The highest BCUT2D eigenvalue weighted by Gasteiger charge is 2.45. The number of nitrogens with zero attached hydrogens (tertiary/aromatic N) is 2. The fraction of sp³-hybridized carbons (Fsp3) is 0.308. The summed E-state index contributed by atoms with van der Waals surface area (Å²) in [5, 5.41) is 12.7. The molecule has 1 saturated heterocycles. The number of hydrogen-bond acceptors (Lipinski definition) is 3. The minimum Gasteiger partial charge on any atom is -0.380 e. The number of benzene rings is 3. The van der Waals surface area contributed by atoms with Crippen molar-refractivity contribution >= 4 is 22.6 Å². The lowest BCUT2D eigenvalue weighted by Crippen LogP contribution is -2.58. The van der Waals surface area contributed by atoms with Gasteiger partial charge in [-0.1, -0.05) is 48.5 Å². The van der Waals surface area contributed by atoms with E-state index in [9.17, 15) is 14.7 Å². The summed E-state index contributed by atoms with van der Waals surface area (Å²) in [4.78, 5) is 28.9. The zero-order valence-electron chi connectivity index (χ0n) is 17.5. The van der Waals surface area contributed by atoms with E-state index in [1.54, 1.807) is 9.80 Å². The molecule has 5 heteroatoms. The van der Waals surface area contributed by atoms with Crippen molar-refractivity contribution in [1.29, 1.82) is 0 Å². The van der Waals surface area contributed by atoms with Crippen molar-refractivity contribution in [2.75, 3.05) is 26.2 Å². The molecule has 1 heterocycles. The molecule has 0 unspecified atom stereocenters. The van der Waals surface area contributed by atoms with Gasteiger partial charge < -0.3 is 14.9 Å². The third-order valence-electron chi connectivity index (χ3n) is 6.65. The fourth-order valence-corrected chi connectivity index (χ4v) is 4.49. The van der Waals surface area contributed by atoms with Crippen molar-refractivity contribution in [3.05, 3.63) is 72.3 Å². The molecule has 2 fully saturated rings. The second-order valence-corrected chi connectivity index (χ2v) is 8.61. The number of fused-ring (bicyclic) bond motifs is 1. The lowest BCUT2D eigenvalue weighted by atomic mass is 9.79. The Morgan fingerprint density at radius 3 is 2.00 bits per heavy atom. The highest BCUT2D eigenvalue weighted by Crippen LogP contribution is 2.33. The maximum atomic E-state index is 12.9. The maximum Gasteiger partial charge on any atom is 0.254 e. The number of hydrogen-bond donors (Lipinski definition) is 1. The fourth-order valence-electron chi connectivity index (χ4n) is 4.49. The van der Waals surface area contributed by atoms with Gasteiger partial charge in [-0.2, -0.15) is 0 Å². The quantitative estimate of drug-likeness (QED) is 0.711. The van der Waals surface area contributed by atoms with Crippen LogP contribution in [0.3, 0.4) is 0 Å². The first-order valence-corrected chi connectivity index (χ1v) is 10.9. The van der Waals surface area contributed by atoms with E-state index in [1.165, 1.54) is 10.8 Å². The van der Waals surface area contributed by atoms with Gasteiger partial charge >= 0.3 is 0 Å². The van der Waals surface area contributed by atoms with Crippen molar-refractivity contribution in [3.8, 4) is 11.1 Å². The van der Waals surface area contributed by atoms with Gasteiger partial charge in [0.25, 0.3) is 11.8 Å². The molecule has 5 rings (SSSR count). The normalized spacial score (nSPS) is 18.0. The molecule has 0 bridgehead atoms. The van der Waals surface area contributed by atoms with Crippen LogP contribution in [0.5, 0.6) is 0 Å². The predicted octanol–water partition coefficient (Wildman–Crippen LogP) is 3.71. The van der Waals surface area contributed by atoms with E-state index in [0.717, 1.165) is 17.5 Å². The smallest absolute Gasteiger partial charge is 0.254 e. The Kier molecular flexibility index (Phi) is 4.98. The van der Waals surface area contributed by atoms with E-state index in [4.69, 9.17) is 0 Å². The van der Waals surface area contributed by atoms with E-state index >= 15 is 0 Å². The molecule has 0 radical (unpaired) electrons. The minimum absolute atomic E-state index is 0.0143. The van der Waals surface area contributed by atoms with E-state index in [-0.39, 0.29) is 11.8 Å². The van der Waals surface area contributed by atoms with Crippen LogP contribution in [0.25, 0.3) is 21.9 Å². The zero-order chi connectivity index (χ0) is 21.4. The van der Waals surface area contributed by atoms with E-state index in [0.29, 0.717) is 44.6 Å². The standard InChI is InChI=1S/C26H26N2O3/c29-24(27-14-16-28(17-15-27)25(30)26(31)12-3-13-26)21-9-6-20(7-10-21)23-11-8-19-4-1-2-5-22(19)18-23/h1-2,4-11,18,31H,3,12-17H2. The van der Waals surface area contributed by atoms with Crippen LogP contribution in [0.4, 0.5) is 0 Å². The average Bonchev–Trinajstić information content (AvgIpc) is 2.81. The molecule has 2 amide bonds. The first kappa shape index (κ1) is 19.8. The van der Waals surface area contributed by atoms with E-state index in [2.05, 4.69) is 30.3 Å². The molecule has 1 saturated carbocycles. The Bertz CT molecular complexity index is 1130. The van der Waals surface area contributed by atoms with Crippen LogP contribution in [0.2, 0.25) is 0 Å². The minimum atomic E-state index is -1.16. The van der Waals surface area contributed by atoms with Crippen molar-refractivity contribution in [2.24, 2.45) is 0 Å². The number of carbonyl (C=O) groups is 2. The largest absolute Gasteiger partial charge is 0.380 e. The van der Waals surface area contributed by atoms with Crippen molar-refractivity contribution in [2.45, 2.75) is 24.9 Å². The topological polar surface area (TPSA) is 60.9 Å². The van der Waals surface area contributed by atoms with Gasteiger partial charge in [0.05, 0.1) is 0 Å². The molecule has 1 aliphatic heterocycles. The highest BCUT2D eigenvalue weighted by atomic mass is 16.3. The molecule has 2 aliphatic rings. The number of piperazine rings is 1. The number of aliphatic hydroxyl groups is 1. The summed E-state index contributed by atoms with van der Waals surface area (Å²) in [6.07, 6.45) is 2.00. The van der Waals surface area contributed by atoms with E-state index < -0.39 is 5.60 Å². The van der Waals surface area contributed by atoms with Crippen molar-refractivity contribution in [3.63, 3.8) is 0 Å². The molecule has 0 atom stereocenters. The van der Waals surface area contributed by atoms with Crippen LogP contribution in [0, 0.1) is 0 Å². The van der Waals surface area contributed by atoms with Crippen LogP contribution in [0.1, 0.15) is 29.6 Å². The van der Waals surface area contributed by atoms with Gasteiger partial charge in [-0.15, -0.1) is 0 Å². The SMILES string of the molecule is O=C(c1ccc(-c2ccc3ccccc3c2)cc1)N1CCN(C(=O)C2(O)CCC2)CC1. The molecule has 0 spiro atoms. The summed E-state index contributed by atoms with van der Waals surface area (Å²) in [6.45, 7) is 1.93. The second-order valence-electron chi connectivity index (χ2n) is 8.61. The molecular formula is C26H26N2O3. The molecule has 5 nitrogen and oxygen atoms in total. The van der Waals surface area contributed by atoms with Gasteiger partial charge in [0, 0.05) is 31.7 Å². The third-order valence-corrected chi connectivity index (χ3v) is 6.65. The van der Waals surface area contributed by atoms with E-state index in [1.807, 2.05) is 36.4 Å². The van der Waals surface area contributed by atoms with Crippen molar-refractivity contribution in [1.82, 2.24) is 9.80 Å². The van der Waals surface area contributed by atoms with Crippen LogP contribution in [-0.4, -0.2) is 58.5 Å². The molecule has 3 aromatic carbocycles. The monoisotopic (exact) mass is 414 g/mol. The first-order chi connectivity index (χ1) is 15.0. The number of rotatable bonds is 3. The summed E-state index contributed by atoms with van der Waals surface area (Å²) in [5.41, 5.74) is 1.69. The molecule has 0 aromatic heterocycles. The van der Waals surface area contributed by atoms with Crippen LogP contribution in [0.15, 0.2) is 66.7 Å². The molecular weight excluding hydrogens is 388 g/mol. The molecule has 1 N–H and O–H groups in total. The summed E-state index contributed by atoms with van der Waals surface area (Å²) in [7, 11) is 0. The van der Waals surface area contributed by atoms with Crippen LogP contribution >= 0.6 is 0 Å². The lowest BCUT2D eigenvalue weighted by molar-refractivity contribution is -0.161. The average molecular weight is 415 g/mol. The lowest BCUT2D eigenvalue weighted by Gasteiger charge is -2.42. The Morgan fingerprint density at radius 1 is 0.742 bits per heavy atom. The Morgan fingerprint density at radius 2 is 1.35 bits per heavy atom. The van der Waals surface area contributed by atoms with Gasteiger partial charge in [0.2, 0.25) is 0 Å². The van der Waals surface area contributed by atoms with Gasteiger partial charge in [0.1, 0.15) is 5.60 Å². The highest BCUT2D eigenvalue weighted by molar-refractivity contribution is 5.95. The molecule has 31 heavy (non-hydrogen) atoms. The Hall–Kier alpha value is -3.18. The summed E-state index contributed by atoms with van der Waals surface area (Å²) in [5.74, 6) is -0.190. The van der Waals surface area contributed by atoms with Crippen LogP contribution < -0.4 is 0 Å². The first-order valence-electron chi connectivity index (χ1n) is 10.9. The predicted molar refractivity (Wildman–Crippen MR) is 121 cm³/mol. The van der Waals surface area contributed by atoms with Crippen LogP contribution in [-0.2, 0) is 4.79 Å². The summed E-state index contributed by atoms with van der Waals surface area (Å²) >= 11 is 0. The van der Waals surface area contributed by atoms with Gasteiger partial charge in [0.15, 0.2) is 0 Å². The van der Waals surface area contributed by atoms with Crippen molar-refractivity contribution < 1.29 is 14.7 Å². The second kappa shape index (κ2) is 7.82. The maximum absolute atomic E-state index is 12.9. The zero-order valence-corrected chi connectivity index (χ0v) is 17.5. The van der Waals surface area contributed by atoms with Gasteiger partial charge in [-0.3, -0.25) is 9.59 Å². The van der Waals surface area contributed by atoms with Gasteiger partial charge in [-0.05, 0) is 59.4 Å². The Balaban J connectivity index is 1.24. The summed E-state index contributed by atoms with van der Waals surface area (Å²) in [6, 6.07) is 22.4.